The number of halogens is 3. The van der Waals surface area contributed by atoms with Gasteiger partial charge in [0.2, 0.25) is 21.8 Å². The highest BCUT2D eigenvalue weighted by Crippen LogP contribution is 2.26. The molecule has 0 saturated heterocycles. The largest absolute Gasteiger partial charge is 0.350 e. The number of nitrogens with zero attached hydrogens (tertiary/aromatic N) is 2. The number of benzene rings is 3. The second-order valence-corrected chi connectivity index (χ2v) is 11.4. The van der Waals surface area contributed by atoms with Gasteiger partial charge in [-0.15, -0.1) is 0 Å². The summed E-state index contributed by atoms with van der Waals surface area (Å²) in [6.45, 7) is -0.481. The van der Waals surface area contributed by atoms with Gasteiger partial charge in [0.1, 0.15) is 11.9 Å². The smallest absolute Gasteiger partial charge is 0.247 e. The molecule has 0 aliphatic heterocycles. The van der Waals surface area contributed by atoms with E-state index in [2.05, 4.69) is 5.32 Å². The first-order valence-corrected chi connectivity index (χ1v) is 13.8. The highest BCUT2D eigenvalue weighted by atomic mass is 35.5. The summed E-state index contributed by atoms with van der Waals surface area (Å²) in [5.41, 5.74) is 1.70. The van der Waals surface area contributed by atoms with Crippen molar-refractivity contribution >= 4 is 45.0 Å². The first-order chi connectivity index (χ1) is 17.5. The van der Waals surface area contributed by atoms with Crippen molar-refractivity contribution in [2.24, 2.45) is 0 Å². The number of sulfonamides is 1. The van der Waals surface area contributed by atoms with Crippen LogP contribution in [-0.4, -0.2) is 49.3 Å². The van der Waals surface area contributed by atoms with Gasteiger partial charge in [0, 0.05) is 30.2 Å². The fourth-order valence-electron chi connectivity index (χ4n) is 3.56. The summed E-state index contributed by atoms with van der Waals surface area (Å²) in [5, 5.41) is 3.64. The van der Waals surface area contributed by atoms with E-state index in [-0.39, 0.29) is 13.1 Å². The molecule has 196 valence electrons. The molecule has 0 radical (unpaired) electrons. The van der Waals surface area contributed by atoms with E-state index < -0.39 is 40.2 Å². The van der Waals surface area contributed by atoms with Gasteiger partial charge in [0.05, 0.1) is 12.8 Å². The number of rotatable bonds is 10. The molecule has 0 bridgehead atoms. The third-order valence-corrected chi connectivity index (χ3v) is 7.50. The molecule has 0 aliphatic carbocycles. The Morgan fingerprint density at radius 1 is 1.00 bits per heavy atom. The van der Waals surface area contributed by atoms with E-state index in [1.807, 2.05) is 0 Å². The number of amides is 2. The number of likely N-dealkylation sites (N-methyl/N-ethyl adjacent to an activating group) is 1. The third-order valence-electron chi connectivity index (χ3n) is 5.65. The lowest BCUT2D eigenvalue weighted by Gasteiger charge is -2.32. The normalized spacial score (nSPS) is 12.3. The van der Waals surface area contributed by atoms with Crippen LogP contribution in [0.1, 0.15) is 22.7 Å². The molecular weight excluding hydrogens is 540 g/mol. The Hall–Kier alpha value is -2.98. The molecule has 0 saturated carbocycles. The molecule has 2 amide bonds. The molecule has 0 aliphatic rings. The van der Waals surface area contributed by atoms with E-state index in [4.69, 9.17) is 23.2 Å². The summed E-state index contributed by atoms with van der Waals surface area (Å²) in [6.07, 6.45) is 0.988. The molecule has 7 nitrogen and oxygen atoms in total. The molecular formula is C26H26Cl2FN3O4S. The molecule has 3 rings (SSSR count). The van der Waals surface area contributed by atoms with E-state index in [1.165, 1.54) is 36.2 Å². The van der Waals surface area contributed by atoms with Gasteiger partial charge in [-0.3, -0.25) is 9.59 Å². The molecule has 0 heterocycles. The van der Waals surface area contributed by atoms with Crippen LogP contribution in [0.5, 0.6) is 0 Å². The molecule has 3 aromatic rings. The van der Waals surface area contributed by atoms with Crippen molar-refractivity contribution < 1.29 is 22.4 Å². The first kappa shape index (κ1) is 28.6. The van der Waals surface area contributed by atoms with Gasteiger partial charge in [-0.1, -0.05) is 71.7 Å². The van der Waals surface area contributed by atoms with Crippen LogP contribution in [0.25, 0.3) is 0 Å². The van der Waals surface area contributed by atoms with Crippen molar-refractivity contribution in [3.8, 4) is 0 Å². The summed E-state index contributed by atoms with van der Waals surface area (Å²) < 4.78 is 38.4. The summed E-state index contributed by atoms with van der Waals surface area (Å²) >= 11 is 12.2. The minimum absolute atomic E-state index is 0.0641. The maximum absolute atomic E-state index is 13.6. The SMILES string of the molecule is CN(CC(=O)N(Cc1ccc(F)cc1)C(C(=O)NCc1ccc(Cl)cc1Cl)c1ccccc1)S(C)(=O)=O. The van der Waals surface area contributed by atoms with Crippen molar-refractivity contribution in [3.05, 3.63) is 105 Å². The highest BCUT2D eigenvalue weighted by molar-refractivity contribution is 7.88. The van der Waals surface area contributed by atoms with Gasteiger partial charge in [0.25, 0.3) is 0 Å². The molecule has 0 aromatic heterocycles. The van der Waals surface area contributed by atoms with Crippen molar-refractivity contribution in [1.82, 2.24) is 14.5 Å². The van der Waals surface area contributed by atoms with Crippen LogP contribution in [0.3, 0.4) is 0 Å². The zero-order valence-electron chi connectivity index (χ0n) is 20.2. The first-order valence-electron chi connectivity index (χ1n) is 11.2. The molecule has 1 unspecified atom stereocenters. The van der Waals surface area contributed by atoms with Crippen molar-refractivity contribution in [2.45, 2.75) is 19.1 Å². The maximum atomic E-state index is 13.6. The Bertz CT molecular complexity index is 1360. The van der Waals surface area contributed by atoms with Gasteiger partial charge in [-0.25, -0.2) is 12.8 Å². The fraction of sp³-hybridized carbons (Fsp3) is 0.231. The van der Waals surface area contributed by atoms with Crippen LogP contribution in [0, 0.1) is 5.82 Å². The second-order valence-electron chi connectivity index (χ2n) is 8.43. The predicted octanol–water partition coefficient (Wildman–Crippen LogP) is 4.41. The number of hydrogen-bond acceptors (Lipinski definition) is 4. The predicted molar refractivity (Wildman–Crippen MR) is 142 cm³/mol. The number of nitrogens with one attached hydrogen (secondary N) is 1. The van der Waals surface area contributed by atoms with Gasteiger partial charge in [-0.05, 0) is 41.0 Å². The second kappa shape index (κ2) is 12.5. The van der Waals surface area contributed by atoms with Crippen LogP contribution < -0.4 is 5.32 Å². The van der Waals surface area contributed by atoms with E-state index in [0.717, 1.165) is 10.6 Å². The minimum Gasteiger partial charge on any atom is -0.350 e. The lowest BCUT2D eigenvalue weighted by Crippen LogP contribution is -2.47. The Morgan fingerprint density at radius 2 is 1.65 bits per heavy atom. The summed E-state index contributed by atoms with van der Waals surface area (Å²) in [4.78, 5) is 28.4. The molecule has 0 fully saturated rings. The molecule has 0 spiro atoms. The van der Waals surface area contributed by atoms with Crippen LogP contribution in [0.15, 0.2) is 72.8 Å². The highest BCUT2D eigenvalue weighted by Gasteiger charge is 2.33. The topological polar surface area (TPSA) is 86.8 Å². The third kappa shape index (κ3) is 8.00. The van der Waals surface area contributed by atoms with E-state index >= 15 is 0 Å². The van der Waals surface area contributed by atoms with Crippen LogP contribution in [-0.2, 0) is 32.7 Å². The van der Waals surface area contributed by atoms with Crippen LogP contribution in [0.2, 0.25) is 10.0 Å². The Morgan fingerprint density at radius 3 is 2.24 bits per heavy atom. The Balaban J connectivity index is 1.98. The monoisotopic (exact) mass is 565 g/mol. The van der Waals surface area contributed by atoms with Gasteiger partial charge < -0.3 is 10.2 Å². The number of hydrogen-bond donors (Lipinski definition) is 1. The zero-order chi connectivity index (χ0) is 27.2. The Labute approximate surface area is 225 Å². The summed E-state index contributed by atoms with van der Waals surface area (Å²) in [6, 6.07) is 17.9. The average molecular weight is 566 g/mol. The molecule has 1 atom stereocenters. The lowest BCUT2D eigenvalue weighted by molar-refractivity contribution is -0.141. The Kier molecular flexibility index (Phi) is 9.67. The molecule has 3 aromatic carbocycles. The lowest BCUT2D eigenvalue weighted by atomic mass is 10.0. The molecule has 37 heavy (non-hydrogen) atoms. The van der Waals surface area contributed by atoms with Crippen molar-refractivity contribution in [2.75, 3.05) is 19.8 Å². The van der Waals surface area contributed by atoms with Gasteiger partial charge >= 0.3 is 0 Å². The minimum atomic E-state index is -3.66. The summed E-state index contributed by atoms with van der Waals surface area (Å²) in [7, 11) is -2.38. The van der Waals surface area contributed by atoms with E-state index in [9.17, 15) is 22.4 Å². The average Bonchev–Trinajstić information content (AvgIpc) is 2.84. The quantitative estimate of drug-likeness (QED) is 0.394. The van der Waals surface area contributed by atoms with E-state index in [0.29, 0.717) is 26.7 Å². The van der Waals surface area contributed by atoms with Crippen molar-refractivity contribution in [1.29, 1.82) is 0 Å². The van der Waals surface area contributed by atoms with Crippen LogP contribution >= 0.6 is 23.2 Å². The number of carbonyl (C=O) groups excluding carboxylic acids is 2. The molecule has 1 N–H and O–H groups in total. The van der Waals surface area contributed by atoms with Gasteiger partial charge in [0.15, 0.2) is 0 Å². The van der Waals surface area contributed by atoms with Crippen LogP contribution in [0.4, 0.5) is 4.39 Å². The van der Waals surface area contributed by atoms with Crippen molar-refractivity contribution in [3.63, 3.8) is 0 Å². The summed E-state index contributed by atoms with van der Waals surface area (Å²) in [5.74, 6) is -1.56. The standard InChI is InChI=1S/C26H26Cl2FN3O4S/c1-31(37(2,35)36)17-24(33)32(16-18-8-12-22(29)13-9-18)25(19-6-4-3-5-7-19)26(34)30-15-20-10-11-21(27)14-23(20)28/h3-14,25H,15-17H2,1-2H3,(H,30,34). The number of carbonyl (C=O) groups is 2. The molecule has 11 heteroatoms. The maximum Gasteiger partial charge on any atom is 0.247 e. The van der Waals surface area contributed by atoms with Gasteiger partial charge in [-0.2, -0.15) is 4.31 Å². The van der Waals surface area contributed by atoms with E-state index in [1.54, 1.807) is 48.5 Å². The fourth-order valence-corrected chi connectivity index (χ4v) is 4.38. The zero-order valence-corrected chi connectivity index (χ0v) is 22.5.